The Morgan fingerprint density at radius 3 is 2.00 bits per heavy atom. The maximum atomic E-state index is 10.7. The molecule has 0 aliphatic rings. The fraction of sp³-hybridized carbons (Fsp3) is 0.778. The van der Waals surface area contributed by atoms with Crippen molar-refractivity contribution in [3.05, 3.63) is 0 Å². The molecule has 0 saturated carbocycles. The Balaban J connectivity index is 4.44. The molecule has 0 spiro atoms. The molecule has 0 fully saturated rings. The molecule has 15 heavy (non-hydrogen) atoms. The number of hydrazone groups is 1. The summed E-state index contributed by atoms with van der Waals surface area (Å²) in [5, 5.41) is 4.08. The smallest absolute Gasteiger partial charge is 0.251 e. The zero-order valence-electron chi connectivity index (χ0n) is 9.85. The Kier molecular flexibility index (Phi) is 5.49. The van der Waals surface area contributed by atoms with Crippen LogP contribution in [0.4, 0.5) is 0 Å². The van der Waals surface area contributed by atoms with Gasteiger partial charge in [-0.05, 0) is 11.8 Å². The molecule has 0 aliphatic carbocycles. The summed E-state index contributed by atoms with van der Waals surface area (Å²) < 4.78 is 24.6. The van der Waals surface area contributed by atoms with Gasteiger partial charge in [0.1, 0.15) is 6.34 Å². The van der Waals surface area contributed by atoms with Crippen molar-refractivity contribution in [1.29, 1.82) is 0 Å². The molecule has 0 atom stereocenters. The third-order valence-corrected chi connectivity index (χ3v) is 2.17. The highest BCUT2D eigenvalue weighted by atomic mass is 32.2. The van der Waals surface area contributed by atoms with Gasteiger partial charge in [0, 0.05) is 5.71 Å². The highest BCUT2D eigenvalue weighted by Crippen LogP contribution is 2.06. The maximum absolute atomic E-state index is 10.7. The predicted molar refractivity (Wildman–Crippen MR) is 63.6 cm³/mol. The first-order chi connectivity index (χ1) is 6.74. The van der Waals surface area contributed by atoms with Crippen LogP contribution in [0.5, 0.6) is 0 Å². The van der Waals surface area contributed by atoms with Gasteiger partial charge in [0.05, 0.1) is 6.26 Å². The van der Waals surface area contributed by atoms with E-state index in [-0.39, 0.29) is 0 Å². The molecule has 6 heteroatoms. The molecule has 0 rings (SSSR count). The monoisotopic (exact) mass is 233 g/mol. The van der Waals surface area contributed by atoms with Crippen molar-refractivity contribution >= 4 is 22.1 Å². The van der Waals surface area contributed by atoms with Crippen LogP contribution in [-0.4, -0.2) is 26.7 Å². The molecular weight excluding hydrogens is 214 g/mol. The number of nitrogens with one attached hydrogen (secondary N) is 1. The Bertz CT molecular complexity index is 332. The molecule has 0 aromatic rings. The molecule has 0 bridgehead atoms. The van der Waals surface area contributed by atoms with E-state index in [2.05, 4.69) is 14.9 Å². The predicted octanol–water partition coefficient (Wildman–Crippen LogP) is 1.23. The summed E-state index contributed by atoms with van der Waals surface area (Å²) in [5.74, 6) is 0.647. The molecule has 0 aromatic carbocycles. The van der Waals surface area contributed by atoms with E-state index >= 15 is 0 Å². The van der Waals surface area contributed by atoms with Gasteiger partial charge >= 0.3 is 0 Å². The lowest BCUT2D eigenvalue weighted by atomic mass is 9.98. The average Bonchev–Trinajstić information content (AvgIpc) is 2.00. The van der Waals surface area contributed by atoms with Crippen molar-refractivity contribution in [1.82, 2.24) is 5.43 Å². The summed E-state index contributed by atoms with van der Waals surface area (Å²) in [4.78, 5) is 0. The van der Waals surface area contributed by atoms with Crippen LogP contribution in [0.1, 0.15) is 27.7 Å². The molecule has 0 unspecified atom stereocenters. The van der Waals surface area contributed by atoms with E-state index in [1.54, 1.807) is 0 Å². The first-order valence-electron chi connectivity index (χ1n) is 4.80. The summed E-state index contributed by atoms with van der Waals surface area (Å²) in [5.41, 5.74) is 3.50. The zero-order chi connectivity index (χ0) is 12.1. The van der Waals surface area contributed by atoms with E-state index < -0.39 is 10.0 Å². The van der Waals surface area contributed by atoms with Gasteiger partial charge in [0.2, 0.25) is 0 Å². The molecule has 0 radical (unpaired) electrons. The second-order valence-electron chi connectivity index (χ2n) is 3.94. The lowest BCUT2D eigenvalue weighted by molar-refractivity contribution is 0.603. The van der Waals surface area contributed by atoms with E-state index in [0.29, 0.717) is 11.8 Å². The van der Waals surface area contributed by atoms with Gasteiger partial charge in [0.25, 0.3) is 10.0 Å². The quantitative estimate of drug-likeness (QED) is 0.441. The van der Waals surface area contributed by atoms with Gasteiger partial charge in [0.15, 0.2) is 0 Å². The Morgan fingerprint density at radius 1 is 1.20 bits per heavy atom. The van der Waals surface area contributed by atoms with E-state index in [9.17, 15) is 8.42 Å². The third kappa shape index (κ3) is 7.07. The van der Waals surface area contributed by atoms with Crippen LogP contribution in [0.25, 0.3) is 0 Å². The lowest BCUT2D eigenvalue weighted by Gasteiger charge is -2.12. The van der Waals surface area contributed by atoms with Crippen molar-refractivity contribution in [2.75, 3.05) is 6.26 Å². The Hall–Kier alpha value is -0.910. The standard InChI is InChI=1S/C9H19N3O2S/c1-7(2)9(8(3)4)12-10-6-11-15(5,13)14/h6-8H,1-5H3,(H,10,11). The largest absolute Gasteiger partial charge is 0.267 e. The van der Waals surface area contributed by atoms with E-state index in [1.165, 1.54) is 0 Å². The third-order valence-electron chi connectivity index (χ3n) is 1.68. The van der Waals surface area contributed by atoms with Gasteiger partial charge < -0.3 is 0 Å². The SMILES string of the molecule is CC(C)C(=NN/C=N\S(C)(=O)=O)C(C)C. The average molecular weight is 233 g/mol. The maximum Gasteiger partial charge on any atom is 0.251 e. The molecule has 1 N–H and O–H groups in total. The van der Waals surface area contributed by atoms with Gasteiger partial charge in [-0.25, -0.2) is 8.42 Å². The van der Waals surface area contributed by atoms with E-state index in [4.69, 9.17) is 0 Å². The van der Waals surface area contributed by atoms with Gasteiger partial charge in [-0.1, -0.05) is 27.7 Å². The minimum Gasteiger partial charge on any atom is -0.267 e. The summed E-state index contributed by atoms with van der Waals surface area (Å²) >= 11 is 0. The normalized spacial score (nSPS) is 12.5. The topological polar surface area (TPSA) is 70.9 Å². The molecule has 0 saturated heterocycles. The minimum atomic E-state index is -3.32. The van der Waals surface area contributed by atoms with Gasteiger partial charge in [-0.2, -0.15) is 9.50 Å². The summed E-state index contributed by atoms with van der Waals surface area (Å²) in [7, 11) is -3.32. The molecular formula is C9H19N3O2S. The molecule has 5 nitrogen and oxygen atoms in total. The van der Waals surface area contributed by atoms with E-state index in [0.717, 1.165) is 18.3 Å². The number of hydrogen-bond acceptors (Lipinski definition) is 3. The molecule has 0 aliphatic heterocycles. The summed E-state index contributed by atoms with van der Waals surface area (Å²) in [6.07, 6.45) is 2.11. The molecule has 0 heterocycles. The zero-order valence-corrected chi connectivity index (χ0v) is 10.7. The van der Waals surface area contributed by atoms with Crippen molar-refractivity contribution in [3.8, 4) is 0 Å². The van der Waals surface area contributed by atoms with Crippen molar-refractivity contribution in [2.24, 2.45) is 21.3 Å². The van der Waals surface area contributed by atoms with Crippen LogP contribution in [0.15, 0.2) is 9.50 Å². The highest BCUT2D eigenvalue weighted by molar-refractivity contribution is 7.89. The van der Waals surface area contributed by atoms with Crippen LogP contribution in [0.2, 0.25) is 0 Å². The minimum absolute atomic E-state index is 0.323. The van der Waals surface area contributed by atoms with Crippen LogP contribution in [0.3, 0.4) is 0 Å². The number of rotatable bonds is 5. The van der Waals surface area contributed by atoms with E-state index in [1.807, 2.05) is 27.7 Å². The molecule has 88 valence electrons. The summed E-state index contributed by atoms with van der Waals surface area (Å²) in [6, 6.07) is 0. The van der Waals surface area contributed by atoms with Gasteiger partial charge in [-0.15, -0.1) is 0 Å². The Labute approximate surface area is 91.7 Å². The van der Waals surface area contributed by atoms with Crippen LogP contribution < -0.4 is 5.43 Å². The summed E-state index contributed by atoms with van der Waals surface area (Å²) in [6.45, 7) is 8.14. The second kappa shape index (κ2) is 5.85. The van der Waals surface area contributed by atoms with Crippen LogP contribution >= 0.6 is 0 Å². The van der Waals surface area contributed by atoms with Crippen molar-refractivity contribution < 1.29 is 8.42 Å². The highest BCUT2D eigenvalue weighted by Gasteiger charge is 2.09. The van der Waals surface area contributed by atoms with Crippen LogP contribution in [-0.2, 0) is 10.0 Å². The lowest BCUT2D eigenvalue weighted by Crippen LogP contribution is -2.19. The molecule has 0 aromatic heterocycles. The van der Waals surface area contributed by atoms with Gasteiger partial charge in [-0.3, -0.25) is 5.43 Å². The Morgan fingerprint density at radius 2 is 1.67 bits per heavy atom. The fourth-order valence-corrected chi connectivity index (χ4v) is 1.39. The van der Waals surface area contributed by atoms with Crippen molar-refractivity contribution in [2.45, 2.75) is 27.7 Å². The first-order valence-corrected chi connectivity index (χ1v) is 6.65. The van der Waals surface area contributed by atoms with Crippen molar-refractivity contribution in [3.63, 3.8) is 0 Å². The second-order valence-corrected chi connectivity index (χ2v) is 5.62. The number of sulfonamides is 1. The molecule has 0 amide bonds. The van der Waals surface area contributed by atoms with Crippen LogP contribution in [0, 0.1) is 11.8 Å². The first kappa shape index (κ1) is 14.1. The number of nitrogens with zero attached hydrogens (tertiary/aromatic N) is 2. The number of hydrogen-bond donors (Lipinski definition) is 1. The fourth-order valence-electron chi connectivity index (χ4n) is 1.15.